The van der Waals surface area contributed by atoms with E-state index < -0.39 is 0 Å². The molecule has 1 aromatic carbocycles. The van der Waals surface area contributed by atoms with Gasteiger partial charge in [0.2, 0.25) is 0 Å². The summed E-state index contributed by atoms with van der Waals surface area (Å²) >= 11 is 0. The Morgan fingerprint density at radius 1 is 1.10 bits per heavy atom. The molecular weight excluding hydrogens is 246 g/mol. The van der Waals surface area contributed by atoms with Gasteiger partial charge in [0.25, 0.3) is 0 Å². The second-order valence-corrected chi connectivity index (χ2v) is 6.62. The Kier molecular flexibility index (Phi) is 5.62. The number of hydroxylamine groups is 2. The lowest BCUT2D eigenvalue weighted by Gasteiger charge is -2.39. The van der Waals surface area contributed by atoms with Crippen molar-refractivity contribution in [2.75, 3.05) is 13.6 Å². The standard InChI is InChI=1S/C18H29NO/c1-18(2,17-12-8-5-9-13-17)20-19(3)15-14-16-10-6-4-7-11-16/h4,6-7,10-11,17H,5,8-9,12-15H2,1-3H3. The number of hydrogen-bond donors (Lipinski definition) is 0. The fourth-order valence-electron chi connectivity index (χ4n) is 3.25. The molecular formula is C18H29NO. The first-order valence-corrected chi connectivity index (χ1v) is 8.02. The van der Waals surface area contributed by atoms with Crippen LogP contribution in [0.4, 0.5) is 0 Å². The van der Waals surface area contributed by atoms with Crippen molar-refractivity contribution in [2.24, 2.45) is 5.92 Å². The van der Waals surface area contributed by atoms with Crippen molar-refractivity contribution in [1.82, 2.24) is 5.06 Å². The van der Waals surface area contributed by atoms with Crippen LogP contribution in [-0.4, -0.2) is 24.3 Å². The average Bonchev–Trinajstić information content (AvgIpc) is 2.47. The zero-order chi connectivity index (χ0) is 14.4. The van der Waals surface area contributed by atoms with Gasteiger partial charge in [0.05, 0.1) is 5.60 Å². The topological polar surface area (TPSA) is 12.5 Å². The molecule has 2 rings (SSSR count). The van der Waals surface area contributed by atoms with Crippen LogP contribution in [0.3, 0.4) is 0 Å². The van der Waals surface area contributed by atoms with E-state index >= 15 is 0 Å². The summed E-state index contributed by atoms with van der Waals surface area (Å²) in [4.78, 5) is 6.23. The molecule has 1 aliphatic carbocycles. The summed E-state index contributed by atoms with van der Waals surface area (Å²) in [6.07, 6.45) is 7.81. The molecule has 20 heavy (non-hydrogen) atoms. The van der Waals surface area contributed by atoms with Gasteiger partial charge in [0, 0.05) is 13.6 Å². The van der Waals surface area contributed by atoms with Gasteiger partial charge in [-0.3, -0.25) is 4.84 Å². The average molecular weight is 275 g/mol. The van der Waals surface area contributed by atoms with Crippen LogP contribution in [0.5, 0.6) is 0 Å². The van der Waals surface area contributed by atoms with Crippen LogP contribution in [0.15, 0.2) is 30.3 Å². The molecule has 0 unspecified atom stereocenters. The molecule has 1 aromatic rings. The third-order valence-electron chi connectivity index (χ3n) is 4.54. The summed E-state index contributed by atoms with van der Waals surface area (Å²) in [5, 5.41) is 2.03. The second-order valence-electron chi connectivity index (χ2n) is 6.62. The van der Waals surface area contributed by atoms with Gasteiger partial charge in [0.15, 0.2) is 0 Å². The first-order chi connectivity index (χ1) is 9.58. The van der Waals surface area contributed by atoms with Gasteiger partial charge in [-0.25, -0.2) is 0 Å². The van der Waals surface area contributed by atoms with Crippen molar-refractivity contribution in [3.8, 4) is 0 Å². The zero-order valence-electron chi connectivity index (χ0n) is 13.3. The van der Waals surface area contributed by atoms with Gasteiger partial charge < -0.3 is 0 Å². The predicted octanol–water partition coefficient (Wildman–Crippen LogP) is 4.45. The maximum absolute atomic E-state index is 6.23. The van der Waals surface area contributed by atoms with E-state index in [1.165, 1.54) is 37.7 Å². The van der Waals surface area contributed by atoms with Crippen LogP contribution >= 0.6 is 0 Å². The Morgan fingerprint density at radius 2 is 1.75 bits per heavy atom. The van der Waals surface area contributed by atoms with Gasteiger partial charge >= 0.3 is 0 Å². The lowest BCUT2D eigenvalue weighted by Crippen LogP contribution is -2.41. The molecule has 0 bridgehead atoms. The molecule has 0 atom stereocenters. The molecule has 0 N–H and O–H groups in total. The minimum atomic E-state index is -0.0359. The number of hydrogen-bond acceptors (Lipinski definition) is 2. The number of nitrogens with zero attached hydrogens (tertiary/aromatic N) is 1. The van der Waals surface area contributed by atoms with E-state index in [1.54, 1.807) is 0 Å². The first-order valence-electron chi connectivity index (χ1n) is 8.02. The maximum Gasteiger partial charge on any atom is 0.0871 e. The number of likely N-dealkylation sites (N-methyl/N-ethyl adjacent to an activating group) is 1. The highest BCUT2D eigenvalue weighted by Gasteiger charge is 2.33. The van der Waals surface area contributed by atoms with Crippen molar-refractivity contribution in [1.29, 1.82) is 0 Å². The summed E-state index contributed by atoms with van der Waals surface area (Å²) in [7, 11) is 2.06. The van der Waals surface area contributed by atoms with Gasteiger partial charge in [-0.2, -0.15) is 5.06 Å². The molecule has 0 radical (unpaired) electrons. The summed E-state index contributed by atoms with van der Waals surface area (Å²) in [5.41, 5.74) is 1.34. The zero-order valence-corrected chi connectivity index (χ0v) is 13.3. The molecule has 0 aromatic heterocycles. The highest BCUT2D eigenvalue weighted by atomic mass is 16.7. The highest BCUT2D eigenvalue weighted by molar-refractivity contribution is 5.14. The Bertz CT molecular complexity index is 382. The molecule has 0 amide bonds. The molecule has 0 aliphatic heterocycles. The fraction of sp³-hybridized carbons (Fsp3) is 0.667. The normalized spacial score (nSPS) is 17.6. The van der Waals surface area contributed by atoms with Gasteiger partial charge in [-0.15, -0.1) is 0 Å². The van der Waals surface area contributed by atoms with Gasteiger partial charge in [-0.05, 0) is 44.6 Å². The third kappa shape index (κ3) is 4.60. The predicted molar refractivity (Wildman–Crippen MR) is 84.5 cm³/mol. The van der Waals surface area contributed by atoms with Crippen molar-refractivity contribution >= 4 is 0 Å². The largest absolute Gasteiger partial charge is 0.293 e. The fourth-order valence-corrected chi connectivity index (χ4v) is 3.25. The molecule has 2 nitrogen and oxygen atoms in total. The lowest BCUT2D eigenvalue weighted by atomic mass is 9.79. The quantitative estimate of drug-likeness (QED) is 0.711. The second kappa shape index (κ2) is 7.24. The van der Waals surface area contributed by atoms with Crippen LogP contribution in [0.25, 0.3) is 0 Å². The number of benzene rings is 1. The minimum Gasteiger partial charge on any atom is -0.293 e. The van der Waals surface area contributed by atoms with Crippen molar-refractivity contribution in [3.05, 3.63) is 35.9 Å². The van der Waals surface area contributed by atoms with Crippen LogP contribution in [0.2, 0.25) is 0 Å². The summed E-state index contributed by atoms with van der Waals surface area (Å²) in [6, 6.07) is 10.6. The summed E-state index contributed by atoms with van der Waals surface area (Å²) in [5.74, 6) is 0.704. The Morgan fingerprint density at radius 3 is 2.40 bits per heavy atom. The highest BCUT2D eigenvalue weighted by Crippen LogP contribution is 2.35. The molecule has 1 saturated carbocycles. The molecule has 1 fully saturated rings. The van der Waals surface area contributed by atoms with Crippen LogP contribution in [0, 0.1) is 5.92 Å². The lowest BCUT2D eigenvalue weighted by molar-refractivity contribution is -0.242. The van der Waals surface area contributed by atoms with Crippen LogP contribution < -0.4 is 0 Å². The first kappa shape index (κ1) is 15.5. The molecule has 0 heterocycles. The van der Waals surface area contributed by atoms with Crippen molar-refractivity contribution in [3.63, 3.8) is 0 Å². The Hall–Kier alpha value is -0.860. The SMILES string of the molecule is CN(CCc1ccccc1)OC(C)(C)C1CCCCC1. The summed E-state index contributed by atoms with van der Waals surface area (Å²) < 4.78 is 0. The van der Waals surface area contributed by atoms with E-state index in [9.17, 15) is 0 Å². The van der Waals surface area contributed by atoms with E-state index in [2.05, 4.69) is 51.2 Å². The van der Waals surface area contributed by atoms with Crippen LogP contribution in [-0.2, 0) is 11.3 Å². The third-order valence-corrected chi connectivity index (χ3v) is 4.54. The van der Waals surface area contributed by atoms with Gasteiger partial charge in [-0.1, -0.05) is 49.6 Å². The Labute approximate surface area is 124 Å². The Balaban J connectivity index is 1.79. The summed E-state index contributed by atoms with van der Waals surface area (Å²) in [6.45, 7) is 5.45. The molecule has 0 saturated heterocycles. The van der Waals surface area contributed by atoms with E-state index in [0.717, 1.165) is 13.0 Å². The molecule has 0 spiro atoms. The van der Waals surface area contributed by atoms with Crippen molar-refractivity contribution < 1.29 is 4.84 Å². The number of rotatable bonds is 6. The van der Waals surface area contributed by atoms with Gasteiger partial charge in [0.1, 0.15) is 0 Å². The van der Waals surface area contributed by atoms with E-state index in [0.29, 0.717) is 5.92 Å². The monoisotopic (exact) mass is 275 g/mol. The van der Waals surface area contributed by atoms with E-state index in [-0.39, 0.29) is 5.60 Å². The smallest absolute Gasteiger partial charge is 0.0871 e. The van der Waals surface area contributed by atoms with E-state index in [4.69, 9.17) is 4.84 Å². The minimum absolute atomic E-state index is 0.0359. The molecule has 2 heteroatoms. The molecule has 1 aliphatic rings. The van der Waals surface area contributed by atoms with Crippen molar-refractivity contribution in [2.45, 2.75) is 58.0 Å². The van der Waals surface area contributed by atoms with E-state index in [1.807, 2.05) is 5.06 Å². The molecule has 112 valence electrons. The maximum atomic E-state index is 6.23. The van der Waals surface area contributed by atoms with Crippen LogP contribution in [0.1, 0.15) is 51.5 Å².